The van der Waals surface area contributed by atoms with Gasteiger partial charge in [0, 0.05) is 6.42 Å². The first-order valence-corrected chi connectivity index (χ1v) is 5.24. The zero-order valence-corrected chi connectivity index (χ0v) is 9.74. The fourth-order valence-corrected chi connectivity index (χ4v) is 1.32. The summed E-state index contributed by atoms with van der Waals surface area (Å²) in [5.74, 6) is -1.59. The molecule has 1 aliphatic rings. The molecule has 0 aromatic carbocycles. The van der Waals surface area contributed by atoms with Crippen molar-refractivity contribution in [2.24, 2.45) is 5.92 Å². The molecule has 0 radical (unpaired) electrons. The lowest BCUT2D eigenvalue weighted by Gasteiger charge is -2.30. The second-order valence-electron chi connectivity index (χ2n) is 4.38. The average Bonchev–Trinajstić information content (AvgIpc) is 2.69. The van der Waals surface area contributed by atoms with Crippen molar-refractivity contribution in [1.29, 1.82) is 0 Å². The molecule has 2 N–H and O–H groups in total. The minimum Gasteiger partial charge on any atom is -0.500 e. The molecule has 0 aromatic heterocycles. The summed E-state index contributed by atoms with van der Waals surface area (Å²) >= 11 is 0. The maximum Gasteiger partial charge on any atom is 0.329 e. The lowest BCUT2D eigenvalue weighted by molar-refractivity contribution is -0.148. The van der Waals surface area contributed by atoms with Crippen LogP contribution in [-0.2, 0) is 14.3 Å². The number of carboxylic acids is 1. The van der Waals surface area contributed by atoms with Crippen molar-refractivity contribution in [2.45, 2.75) is 32.7 Å². The van der Waals surface area contributed by atoms with E-state index >= 15 is 0 Å². The molecule has 1 amide bonds. The van der Waals surface area contributed by atoms with Crippen LogP contribution in [0, 0.1) is 5.92 Å². The van der Waals surface area contributed by atoms with Crippen LogP contribution in [0.25, 0.3) is 0 Å². The zero-order valence-electron chi connectivity index (χ0n) is 9.74. The fourth-order valence-electron chi connectivity index (χ4n) is 1.32. The van der Waals surface area contributed by atoms with Crippen LogP contribution in [0.3, 0.4) is 0 Å². The summed E-state index contributed by atoms with van der Waals surface area (Å²) in [5.41, 5.74) is -0.756. The van der Waals surface area contributed by atoms with Crippen molar-refractivity contribution >= 4 is 11.9 Å². The highest BCUT2D eigenvalue weighted by Crippen LogP contribution is 2.19. The number of hydrogen-bond donors (Lipinski definition) is 2. The van der Waals surface area contributed by atoms with Crippen LogP contribution < -0.4 is 5.32 Å². The Labute approximate surface area is 94.5 Å². The van der Waals surface area contributed by atoms with Gasteiger partial charge in [0.05, 0.1) is 18.4 Å². The normalized spacial score (nSPS) is 18.6. The summed E-state index contributed by atoms with van der Waals surface area (Å²) in [6, 6.07) is 0. The third-order valence-corrected chi connectivity index (χ3v) is 2.98. The lowest BCUT2D eigenvalue weighted by Crippen LogP contribution is -2.56. The molecule has 0 saturated carbocycles. The van der Waals surface area contributed by atoms with Crippen LogP contribution >= 0.6 is 0 Å². The van der Waals surface area contributed by atoms with E-state index in [0.717, 1.165) is 0 Å². The quantitative estimate of drug-likeness (QED) is 0.748. The Morgan fingerprint density at radius 1 is 1.56 bits per heavy atom. The summed E-state index contributed by atoms with van der Waals surface area (Å²) in [5, 5.41) is 11.7. The van der Waals surface area contributed by atoms with E-state index in [1.165, 1.54) is 13.2 Å². The maximum absolute atomic E-state index is 11.7. The van der Waals surface area contributed by atoms with E-state index in [2.05, 4.69) is 5.32 Å². The maximum atomic E-state index is 11.7. The molecule has 0 aromatic rings. The van der Waals surface area contributed by atoms with Gasteiger partial charge in [0.25, 0.3) is 5.91 Å². The smallest absolute Gasteiger partial charge is 0.329 e. The van der Waals surface area contributed by atoms with E-state index in [0.29, 0.717) is 18.6 Å². The van der Waals surface area contributed by atoms with Crippen LogP contribution in [0.2, 0.25) is 0 Å². The van der Waals surface area contributed by atoms with E-state index in [4.69, 9.17) is 9.84 Å². The SMILES string of the molecule is CC(C)C(C)(NC(=O)C1=COCC1)C(=O)O. The van der Waals surface area contributed by atoms with Gasteiger partial charge in [-0.3, -0.25) is 4.79 Å². The Morgan fingerprint density at radius 2 is 2.19 bits per heavy atom. The van der Waals surface area contributed by atoms with E-state index in [1.807, 2.05) is 0 Å². The second-order valence-corrected chi connectivity index (χ2v) is 4.38. The monoisotopic (exact) mass is 227 g/mol. The fraction of sp³-hybridized carbons (Fsp3) is 0.636. The average molecular weight is 227 g/mol. The van der Waals surface area contributed by atoms with Crippen molar-refractivity contribution in [3.8, 4) is 0 Å². The molecule has 0 bridgehead atoms. The molecular weight excluding hydrogens is 210 g/mol. The molecule has 5 heteroatoms. The summed E-state index contributed by atoms with van der Waals surface area (Å²) in [7, 11) is 0. The van der Waals surface area contributed by atoms with E-state index in [9.17, 15) is 9.59 Å². The first-order chi connectivity index (χ1) is 7.38. The van der Waals surface area contributed by atoms with Gasteiger partial charge in [-0.1, -0.05) is 13.8 Å². The summed E-state index contributed by atoms with van der Waals surface area (Å²) in [6.45, 7) is 5.50. The Bertz CT molecular complexity index is 335. The molecular formula is C11H17NO4. The van der Waals surface area contributed by atoms with Crippen molar-refractivity contribution in [3.05, 3.63) is 11.8 Å². The number of aliphatic carboxylic acids is 1. The van der Waals surface area contributed by atoms with Gasteiger partial charge >= 0.3 is 5.97 Å². The Balaban J connectivity index is 2.76. The van der Waals surface area contributed by atoms with E-state index in [1.54, 1.807) is 13.8 Å². The number of hydrogen-bond acceptors (Lipinski definition) is 3. The highest BCUT2D eigenvalue weighted by molar-refractivity contribution is 5.97. The predicted molar refractivity (Wildman–Crippen MR) is 57.7 cm³/mol. The number of carboxylic acid groups (broad SMARTS) is 1. The third kappa shape index (κ3) is 2.35. The molecule has 1 unspecified atom stereocenters. The van der Waals surface area contributed by atoms with Crippen LogP contribution in [0.4, 0.5) is 0 Å². The van der Waals surface area contributed by atoms with Crippen LogP contribution in [0.1, 0.15) is 27.2 Å². The minimum absolute atomic E-state index is 0.197. The predicted octanol–water partition coefficient (Wildman–Crippen LogP) is 0.906. The minimum atomic E-state index is -1.25. The molecule has 0 spiro atoms. The van der Waals surface area contributed by atoms with Gasteiger partial charge in [0.1, 0.15) is 5.54 Å². The highest BCUT2D eigenvalue weighted by Gasteiger charge is 2.38. The molecule has 0 saturated heterocycles. The first-order valence-electron chi connectivity index (χ1n) is 5.24. The molecule has 1 heterocycles. The Kier molecular flexibility index (Phi) is 3.57. The summed E-state index contributed by atoms with van der Waals surface area (Å²) < 4.78 is 4.94. The van der Waals surface area contributed by atoms with E-state index in [-0.39, 0.29) is 11.8 Å². The summed E-state index contributed by atoms with van der Waals surface area (Å²) in [4.78, 5) is 22.9. The highest BCUT2D eigenvalue weighted by atomic mass is 16.5. The van der Waals surface area contributed by atoms with E-state index < -0.39 is 11.5 Å². The van der Waals surface area contributed by atoms with Gasteiger partial charge in [-0.05, 0) is 12.8 Å². The van der Waals surface area contributed by atoms with Gasteiger partial charge < -0.3 is 15.2 Å². The van der Waals surface area contributed by atoms with Gasteiger partial charge in [-0.2, -0.15) is 0 Å². The first kappa shape index (κ1) is 12.5. The van der Waals surface area contributed by atoms with Crippen molar-refractivity contribution in [3.63, 3.8) is 0 Å². The third-order valence-electron chi connectivity index (χ3n) is 2.98. The Morgan fingerprint density at radius 3 is 2.56 bits per heavy atom. The van der Waals surface area contributed by atoms with Crippen LogP contribution in [0.5, 0.6) is 0 Å². The molecule has 1 aliphatic heterocycles. The van der Waals surface area contributed by atoms with Crippen molar-refractivity contribution < 1.29 is 19.4 Å². The molecule has 90 valence electrons. The van der Waals surface area contributed by atoms with Gasteiger partial charge in [0.2, 0.25) is 0 Å². The topological polar surface area (TPSA) is 75.6 Å². The van der Waals surface area contributed by atoms with Gasteiger partial charge in [0.15, 0.2) is 0 Å². The van der Waals surface area contributed by atoms with Crippen LogP contribution in [-0.4, -0.2) is 29.1 Å². The lowest BCUT2D eigenvalue weighted by atomic mass is 9.88. The number of carbonyl (C=O) groups is 2. The number of nitrogens with one attached hydrogen (secondary N) is 1. The van der Waals surface area contributed by atoms with Gasteiger partial charge in [-0.25, -0.2) is 4.79 Å². The standard InChI is InChI=1S/C11H17NO4/c1-7(2)11(3,10(14)15)12-9(13)8-4-5-16-6-8/h6-7H,4-5H2,1-3H3,(H,12,13)(H,14,15). The largest absolute Gasteiger partial charge is 0.500 e. The number of amides is 1. The zero-order chi connectivity index (χ0) is 12.3. The second kappa shape index (κ2) is 4.55. The number of carbonyl (C=O) groups excluding carboxylic acids is 1. The molecule has 1 atom stereocenters. The molecule has 0 fully saturated rings. The summed E-state index contributed by atoms with van der Waals surface area (Å²) in [6.07, 6.45) is 1.91. The number of ether oxygens (including phenoxy) is 1. The number of rotatable bonds is 4. The van der Waals surface area contributed by atoms with Crippen molar-refractivity contribution in [1.82, 2.24) is 5.32 Å². The molecule has 1 rings (SSSR count). The molecule has 0 aliphatic carbocycles. The Hall–Kier alpha value is -1.52. The molecule has 16 heavy (non-hydrogen) atoms. The molecule has 5 nitrogen and oxygen atoms in total. The van der Waals surface area contributed by atoms with Crippen LogP contribution in [0.15, 0.2) is 11.8 Å². The van der Waals surface area contributed by atoms with Gasteiger partial charge in [-0.15, -0.1) is 0 Å². The van der Waals surface area contributed by atoms with Crippen molar-refractivity contribution in [2.75, 3.05) is 6.61 Å².